The number of nitro benzene ring substituents is 1. The highest BCUT2D eigenvalue weighted by atomic mass is 32.2. The van der Waals surface area contributed by atoms with Crippen molar-refractivity contribution in [3.63, 3.8) is 0 Å². The van der Waals surface area contributed by atoms with E-state index in [0.717, 1.165) is 11.3 Å². The molecule has 0 aliphatic heterocycles. The average molecular weight is 435 g/mol. The van der Waals surface area contributed by atoms with Crippen LogP contribution in [0.5, 0.6) is 5.75 Å². The van der Waals surface area contributed by atoms with Gasteiger partial charge in [-0.05, 0) is 37.3 Å². The number of aryl methyl sites for hydroxylation is 1. The van der Waals surface area contributed by atoms with Gasteiger partial charge in [0.05, 0.1) is 27.1 Å². The molecular formula is C18H17N3O6S2. The van der Waals surface area contributed by atoms with Crippen molar-refractivity contribution in [2.24, 2.45) is 4.99 Å². The van der Waals surface area contributed by atoms with Crippen molar-refractivity contribution >= 4 is 43.0 Å². The number of carbonyl (C=O) groups is 1. The Bertz CT molecular complexity index is 1260. The first kappa shape index (κ1) is 20.7. The predicted octanol–water partition coefficient (Wildman–Crippen LogP) is 2.54. The number of thiazole rings is 1. The summed E-state index contributed by atoms with van der Waals surface area (Å²) in [4.78, 5) is 27.1. The van der Waals surface area contributed by atoms with Gasteiger partial charge in [-0.15, -0.1) is 0 Å². The number of ether oxygens (including phenoxy) is 1. The molecule has 2 aromatic carbocycles. The van der Waals surface area contributed by atoms with E-state index in [1.807, 2.05) is 6.92 Å². The number of hydrogen-bond acceptors (Lipinski definition) is 7. The normalized spacial score (nSPS) is 12.3. The fraction of sp³-hybridized carbons (Fsp3) is 0.222. The summed E-state index contributed by atoms with van der Waals surface area (Å²) in [5, 5.41) is 11.0. The number of benzene rings is 2. The standard InChI is InChI=1S/C18H17N3O6S2/c1-3-20-15-9-4-12(21(23)24)10-16(15)28-18(20)19-17(22)11-29(25,26)14-7-5-13(27-2)6-8-14/h4-10H,3,11H2,1-2H3. The van der Waals surface area contributed by atoms with Crippen LogP contribution in [0.2, 0.25) is 0 Å². The number of non-ortho nitro benzene ring substituents is 1. The number of rotatable bonds is 6. The molecule has 0 aliphatic carbocycles. The largest absolute Gasteiger partial charge is 0.497 e. The molecule has 152 valence electrons. The third-order valence-corrected chi connectivity index (χ3v) is 6.80. The van der Waals surface area contributed by atoms with Gasteiger partial charge in [0.1, 0.15) is 11.5 Å². The summed E-state index contributed by atoms with van der Waals surface area (Å²) in [6.07, 6.45) is 0. The number of sulfone groups is 1. The highest BCUT2D eigenvalue weighted by Gasteiger charge is 2.20. The second-order valence-electron chi connectivity index (χ2n) is 5.98. The van der Waals surface area contributed by atoms with E-state index in [4.69, 9.17) is 4.74 Å². The van der Waals surface area contributed by atoms with E-state index in [0.29, 0.717) is 22.5 Å². The highest BCUT2D eigenvalue weighted by Crippen LogP contribution is 2.23. The van der Waals surface area contributed by atoms with Crippen LogP contribution in [-0.2, 0) is 21.2 Å². The van der Waals surface area contributed by atoms with Crippen molar-refractivity contribution in [1.29, 1.82) is 0 Å². The van der Waals surface area contributed by atoms with Crippen LogP contribution < -0.4 is 9.54 Å². The van der Waals surface area contributed by atoms with Crippen LogP contribution in [0.3, 0.4) is 0 Å². The maximum atomic E-state index is 12.5. The minimum Gasteiger partial charge on any atom is -0.497 e. The zero-order valence-electron chi connectivity index (χ0n) is 15.6. The summed E-state index contributed by atoms with van der Waals surface area (Å²) in [7, 11) is -2.40. The monoisotopic (exact) mass is 435 g/mol. The van der Waals surface area contributed by atoms with Crippen molar-refractivity contribution in [3.8, 4) is 5.75 Å². The SMILES string of the molecule is CCn1c(=NC(=O)CS(=O)(=O)c2ccc(OC)cc2)sc2cc([N+](=O)[O-])ccc21. The van der Waals surface area contributed by atoms with Crippen LogP contribution in [0.15, 0.2) is 52.4 Å². The van der Waals surface area contributed by atoms with Gasteiger partial charge in [-0.25, -0.2) is 8.42 Å². The van der Waals surface area contributed by atoms with Gasteiger partial charge in [0.15, 0.2) is 14.6 Å². The quantitative estimate of drug-likeness (QED) is 0.433. The molecule has 0 spiro atoms. The van der Waals surface area contributed by atoms with Gasteiger partial charge >= 0.3 is 0 Å². The zero-order chi connectivity index (χ0) is 21.2. The lowest BCUT2D eigenvalue weighted by atomic mass is 10.3. The maximum absolute atomic E-state index is 12.5. The van der Waals surface area contributed by atoms with Crippen LogP contribution in [0.1, 0.15) is 6.92 Å². The molecule has 1 amide bonds. The predicted molar refractivity (Wildman–Crippen MR) is 108 cm³/mol. The van der Waals surface area contributed by atoms with E-state index in [9.17, 15) is 23.3 Å². The minimum absolute atomic E-state index is 0.00261. The van der Waals surface area contributed by atoms with E-state index in [1.54, 1.807) is 10.6 Å². The highest BCUT2D eigenvalue weighted by molar-refractivity contribution is 7.92. The Labute approximate surface area is 170 Å². The first-order valence-electron chi connectivity index (χ1n) is 8.47. The molecule has 0 aliphatic rings. The lowest BCUT2D eigenvalue weighted by Gasteiger charge is -2.04. The van der Waals surface area contributed by atoms with Crippen molar-refractivity contribution in [3.05, 3.63) is 57.4 Å². The summed E-state index contributed by atoms with van der Waals surface area (Å²) in [5.74, 6) is -1.09. The van der Waals surface area contributed by atoms with Crippen molar-refractivity contribution in [2.75, 3.05) is 12.9 Å². The Morgan fingerprint density at radius 1 is 1.24 bits per heavy atom. The first-order valence-corrected chi connectivity index (χ1v) is 10.9. The fourth-order valence-electron chi connectivity index (χ4n) is 2.73. The molecule has 3 rings (SSSR count). The van der Waals surface area contributed by atoms with Gasteiger partial charge in [-0.2, -0.15) is 4.99 Å². The molecule has 0 radical (unpaired) electrons. The summed E-state index contributed by atoms with van der Waals surface area (Å²) in [6.45, 7) is 2.31. The first-order chi connectivity index (χ1) is 13.7. The van der Waals surface area contributed by atoms with E-state index in [2.05, 4.69) is 4.99 Å². The number of hydrogen-bond donors (Lipinski definition) is 0. The van der Waals surface area contributed by atoms with Crippen molar-refractivity contribution in [1.82, 2.24) is 4.57 Å². The number of amides is 1. The van der Waals surface area contributed by atoms with Crippen LogP contribution in [0.25, 0.3) is 10.2 Å². The van der Waals surface area contributed by atoms with Crippen molar-refractivity contribution in [2.45, 2.75) is 18.4 Å². The molecule has 9 nitrogen and oxygen atoms in total. The molecule has 0 atom stereocenters. The lowest BCUT2D eigenvalue weighted by Crippen LogP contribution is -2.20. The van der Waals surface area contributed by atoms with Gasteiger partial charge in [0, 0.05) is 18.7 Å². The third-order valence-electron chi connectivity index (χ3n) is 4.15. The smallest absolute Gasteiger partial charge is 0.270 e. The summed E-state index contributed by atoms with van der Waals surface area (Å²) in [6, 6.07) is 10.1. The van der Waals surface area contributed by atoms with Crippen LogP contribution >= 0.6 is 11.3 Å². The molecule has 0 saturated carbocycles. The molecule has 1 aromatic heterocycles. The number of aromatic nitrogens is 1. The number of fused-ring (bicyclic) bond motifs is 1. The topological polar surface area (TPSA) is 121 Å². The van der Waals surface area contributed by atoms with Gasteiger partial charge in [0.2, 0.25) is 0 Å². The van der Waals surface area contributed by atoms with Crippen LogP contribution in [-0.4, -0.2) is 36.7 Å². The second kappa shape index (κ2) is 8.13. The molecule has 0 bridgehead atoms. The summed E-state index contributed by atoms with van der Waals surface area (Å²) >= 11 is 1.09. The molecule has 3 aromatic rings. The van der Waals surface area contributed by atoms with Gasteiger partial charge in [-0.1, -0.05) is 11.3 Å². The van der Waals surface area contributed by atoms with Gasteiger partial charge < -0.3 is 9.30 Å². The number of carbonyl (C=O) groups excluding carboxylic acids is 1. The molecule has 0 unspecified atom stereocenters. The lowest BCUT2D eigenvalue weighted by molar-refractivity contribution is -0.384. The maximum Gasteiger partial charge on any atom is 0.270 e. The molecular weight excluding hydrogens is 418 g/mol. The van der Waals surface area contributed by atoms with Gasteiger partial charge in [0.25, 0.3) is 11.6 Å². The van der Waals surface area contributed by atoms with Gasteiger partial charge in [-0.3, -0.25) is 14.9 Å². The minimum atomic E-state index is -3.86. The number of nitro groups is 1. The van der Waals surface area contributed by atoms with E-state index >= 15 is 0 Å². The Hall–Kier alpha value is -3.05. The van der Waals surface area contributed by atoms with Crippen LogP contribution in [0, 0.1) is 10.1 Å². The molecule has 0 fully saturated rings. The third kappa shape index (κ3) is 4.35. The Morgan fingerprint density at radius 3 is 2.52 bits per heavy atom. The molecule has 0 N–H and O–H groups in total. The summed E-state index contributed by atoms with van der Waals surface area (Å²) in [5.41, 5.74) is 0.620. The van der Waals surface area contributed by atoms with Crippen LogP contribution in [0.4, 0.5) is 5.69 Å². The summed E-state index contributed by atoms with van der Waals surface area (Å²) < 4.78 is 32.3. The average Bonchev–Trinajstić information content (AvgIpc) is 3.03. The fourth-order valence-corrected chi connectivity index (χ4v) is 4.99. The Kier molecular flexibility index (Phi) is 5.80. The molecule has 29 heavy (non-hydrogen) atoms. The molecule has 0 saturated heterocycles. The van der Waals surface area contributed by atoms with E-state index in [-0.39, 0.29) is 15.4 Å². The Morgan fingerprint density at radius 2 is 1.93 bits per heavy atom. The number of nitrogens with zero attached hydrogens (tertiary/aromatic N) is 3. The van der Waals surface area contributed by atoms with Crippen molar-refractivity contribution < 1.29 is 22.9 Å². The zero-order valence-corrected chi connectivity index (χ0v) is 17.2. The molecule has 11 heteroatoms. The Balaban J connectivity index is 1.95. The molecule has 1 heterocycles. The van der Waals surface area contributed by atoms with E-state index in [1.165, 1.54) is 43.5 Å². The second-order valence-corrected chi connectivity index (χ2v) is 8.98. The van der Waals surface area contributed by atoms with E-state index < -0.39 is 26.4 Å². The number of methoxy groups -OCH3 is 1.